The van der Waals surface area contributed by atoms with Gasteiger partial charge >= 0.3 is 0 Å². The zero-order valence-electron chi connectivity index (χ0n) is 11.1. The zero-order chi connectivity index (χ0) is 13.5. The van der Waals surface area contributed by atoms with Crippen LogP contribution in [0.15, 0.2) is 54.6 Å². The molecule has 0 heterocycles. The largest absolute Gasteiger partial charge is 0.353 e. The summed E-state index contributed by atoms with van der Waals surface area (Å²) >= 11 is 0. The normalized spacial score (nSPS) is 9.95. The minimum atomic E-state index is 0.0458. The molecule has 3 heteroatoms. The van der Waals surface area contributed by atoms with Crippen LogP contribution in [-0.2, 0) is 11.3 Å². The van der Waals surface area contributed by atoms with Crippen LogP contribution in [0.25, 0.3) is 0 Å². The quantitative estimate of drug-likeness (QED) is 0.808. The molecule has 2 aromatic carbocycles. The van der Waals surface area contributed by atoms with E-state index in [-0.39, 0.29) is 5.91 Å². The van der Waals surface area contributed by atoms with Crippen molar-refractivity contribution in [3.8, 4) is 0 Å². The third kappa shape index (κ3) is 4.62. The van der Waals surface area contributed by atoms with Crippen LogP contribution in [0, 0.1) is 6.92 Å². The van der Waals surface area contributed by atoms with Gasteiger partial charge in [-0.2, -0.15) is 0 Å². The second-order valence-electron chi connectivity index (χ2n) is 4.58. The number of amides is 1. The molecule has 2 nitrogen and oxygen atoms in total. The predicted octanol–water partition coefficient (Wildman–Crippen LogP) is 2.06. The van der Waals surface area contributed by atoms with Crippen LogP contribution in [-0.4, -0.2) is 13.2 Å². The standard InChI is InChI=1S/C16H17BNO/c1-13-7-9-15(10-8-13)17-11-16(19)18-12-14-5-3-2-4-6-14/h2-10H,11-12H2,1H3,(H,18,19). The van der Waals surface area contributed by atoms with Crippen molar-refractivity contribution in [3.05, 3.63) is 65.7 Å². The van der Waals surface area contributed by atoms with E-state index in [0.717, 1.165) is 11.0 Å². The van der Waals surface area contributed by atoms with Crippen molar-refractivity contribution in [1.29, 1.82) is 0 Å². The third-order valence-electron chi connectivity index (χ3n) is 2.93. The van der Waals surface area contributed by atoms with Crippen molar-refractivity contribution in [3.63, 3.8) is 0 Å². The number of aryl methyl sites for hydroxylation is 1. The van der Waals surface area contributed by atoms with Crippen molar-refractivity contribution >= 4 is 18.6 Å². The maximum absolute atomic E-state index is 11.7. The first-order valence-electron chi connectivity index (χ1n) is 6.44. The Morgan fingerprint density at radius 2 is 1.74 bits per heavy atom. The average Bonchev–Trinajstić information content (AvgIpc) is 2.45. The van der Waals surface area contributed by atoms with E-state index in [1.54, 1.807) is 0 Å². The van der Waals surface area contributed by atoms with Crippen LogP contribution in [0.2, 0.25) is 6.32 Å². The molecule has 2 aromatic rings. The molecule has 0 saturated carbocycles. The Morgan fingerprint density at radius 1 is 1.05 bits per heavy atom. The van der Waals surface area contributed by atoms with Gasteiger partial charge in [-0.15, -0.1) is 0 Å². The summed E-state index contributed by atoms with van der Waals surface area (Å²) in [6.07, 6.45) is 0.413. The summed E-state index contributed by atoms with van der Waals surface area (Å²) in [4.78, 5) is 11.7. The summed E-state index contributed by atoms with van der Waals surface area (Å²) in [5, 5.41) is 2.91. The smallest absolute Gasteiger partial charge is 0.212 e. The first-order valence-corrected chi connectivity index (χ1v) is 6.44. The highest BCUT2D eigenvalue weighted by molar-refractivity contribution is 6.57. The van der Waals surface area contributed by atoms with Gasteiger partial charge in [-0.3, -0.25) is 4.79 Å². The Kier molecular flexibility index (Phi) is 4.79. The Morgan fingerprint density at radius 3 is 2.42 bits per heavy atom. The van der Waals surface area contributed by atoms with Crippen LogP contribution in [0.4, 0.5) is 0 Å². The molecule has 0 unspecified atom stereocenters. The molecule has 0 bridgehead atoms. The van der Waals surface area contributed by atoms with Gasteiger partial charge in [-0.25, -0.2) is 0 Å². The highest BCUT2D eigenvalue weighted by Gasteiger charge is 2.03. The van der Waals surface area contributed by atoms with Crippen molar-refractivity contribution in [2.24, 2.45) is 0 Å². The summed E-state index contributed by atoms with van der Waals surface area (Å²) in [6, 6.07) is 18.1. The summed E-state index contributed by atoms with van der Waals surface area (Å²) in [6.45, 7) is 2.64. The SMILES string of the molecule is Cc1ccc([B]CC(=O)NCc2ccccc2)cc1. The molecule has 0 atom stereocenters. The number of hydrogen-bond acceptors (Lipinski definition) is 1. The molecule has 0 aromatic heterocycles. The van der Waals surface area contributed by atoms with Gasteiger partial charge in [0.25, 0.3) is 0 Å². The summed E-state index contributed by atoms with van der Waals surface area (Å²) in [7, 11) is 1.94. The summed E-state index contributed by atoms with van der Waals surface area (Å²) in [5.74, 6) is 0.0458. The Labute approximate surface area is 115 Å². The molecule has 95 valence electrons. The van der Waals surface area contributed by atoms with Gasteiger partial charge in [-0.05, 0) is 12.5 Å². The molecule has 0 aliphatic rings. The van der Waals surface area contributed by atoms with Crippen molar-refractivity contribution in [1.82, 2.24) is 5.32 Å². The Balaban J connectivity index is 1.74. The number of hydrogen-bond donors (Lipinski definition) is 1. The summed E-state index contributed by atoms with van der Waals surface area (Å²) < 4.78 is 0. The van der Waals surface area contributed by atoms with Crippen LogP contribution in [0.5, 0.6) is 0 Å². The number of carbonyl (C=O) groups excluding carboxylic acids is 1. The molecule has 1 radical (unpaired) electrons. The fraction of sp³-hybridized carbons (Fsp3) is 0.188. The van der Waals surface area contributed by atoms with Crippen molar-refractivity contribution in [2.75, 3.05) is 0 Å². The highest BCUT2D eigenvalue weighted by atomic mass is 16.1. The van der Waals surface area contributed by atoms with Gasteiger partial charge < -0.3 is 5.32 Å². The maximum atomic E-state index is 11.7. The van der Waals surface area contributed by atoms with E-state index in [1.807, 2.05) is 61.9 Å². The minimum Gasteiger partial charge on any atom is -0.353 e. The maximum Gasteiger partial charge on any atom is 0.212 e. The van der Waals surface area contributed by atoms with Crippen LogP contribution in [0.1, 0.15) is 11.1 Å². The van der Waals surface area contributed by atoms with E-state index >= 15 is 0 Å². The van der Waals surface area contributed by atoms with Crippen molar-refractivity contribution < 1.29 is 4.79 Å². The number of nitrogens with one attached hydrogen (secondary N) is 1. The van der Waals surface area contributed by atoms with Gasteiger partial charge in [0.2, 0.25) is 5.91 Å². The molecule has 0 saturated heterocycles. The fourth-order valence-electron chi connectivity index (χ4n) is 1.78. The van der Waals surface area contributed by atoms with Gasteiger partial charge in [0.1, 0.15) is 0 Å². The fourth-order valence-corrected chi connectivity index (χ4v) is 1.78. The molecule has 0 aliphatic carbocycles. The lowest BCUT2D eigenvalue weighted by atomic mass is 9.67. The molecule has 1 N–H and O–H groups in total. The molecule has 0 aliphatic heterocycles. The highest BCUT2D eigenvalue weighted by Crippen LogP contribution is 1.98. The lowest BCUT2D eigenvalue weighted by Gasteiger charge is -2.05. The van der Waals surface area contributed by atoms with E-state index in [4.69, 9.17) is 0 Å². The van der Waals surface area contributed by atoms with E-state index in [0.29, 0.717) is 12.9 Å². The average molecular weight is 250 g/mol. The summed E-state index contributed by atoms with van der Waals surface area (Å²) in [5.41, 5.74) is 3.43. The first kappa shape index (κ1) is 13.4. The number of rotatable bonds is 5. The van der Waals surface area contributed by atoms with E-state index in [2.05, 4.69) is 12.2 Å². The lowest BCUT2D eigenvalue weighted by Crippen LogP contribution is -2.27. The van der Waals surface area contributed by atoms with E-state index in [1.165, 1.54) is 5.56 Å². The van der Waals surface area contributed by atoms with Gasteiger partial charge in [0.05, 0.1) is 0 Å². The van der Waals surface area contributed by atoms with Crippen LogP contribution < -0.4 is 10.8 Å². The molecule has 2 rings (SSSR count). The molecule has 1 amide bonds. The number of benzene rings is 2. The topological polar surface area (TPSA) is 29.1 Å². The third-order valence-corrected chi connectivity index (χ3v) is 2.93. The Bertz CT molecular complexity index is 522. The molecule has 0 fully saturated rings. The molecular formula is C16H17BNO. The van der Waals surface area contributed by atoms with E-state index in [9.17, 15) is 4.79 Å². The zero-order valence-corrected chi connectivity index (χ0v) is 11.1. The van der Waals surface area contributed by atoms with Crippen LogP contribution >= 0.6 is 0 Å². The van der Waals surface area contributed by atoms with Gasteiger partial charge in [-0.1, -0.05) is 65.6 Å². The van der Waals surface area contributed by atoms with Gasteiger partial charge in [0.15, 0.2) is 7.28 Å². The second-order valence-corrected chi connectivity index (χ2v) is 4.58. The monoisotopic (exact) mass is 250 g/mol. The second kappa shape index (κ2) is 6.79. The van der Waals surface area contributed by atoms with Gasteiger partial charge in [0, 0.05) is 12.9 Å². The minimum absolute atomic E-state index is 0.0458. The predicted molar refractivity (Wildman–Crippen MR) is 79.7 cm³/mol. The van der Waals surface area contributed by atoms with Crippen molar-refractivity contribution in [2.45, 2.75) is 19.8 Å². The lowest BCUT2D eigenvalue weighted by molar-refractivity contribution is -0.119. The first-order chi connectivity index (χ1) is 9.24. The van der Waals surface area contributed by atoms with E-state index < -0.39 is 0 Å². The number of carbonyl (C=O) groups is 1. The molecule has 19 heavy (non-hydrogen) atoms. The Hall–Kier alpha value is -2.03. The molecule has 0 spiro atoms. The van der Waals surface area contributed by atoms with Crippen LogP contribution in [0.3, 0.4) is 0 Å². The molecular weight excluding hydrogens is 233 g/mol.